The zero-order valence-electron chi connectivity index (χ0n) is 10.8. The summed E-state index contributed by atoms with van der Waals surface area (Å²) in [7, 11) is -3.70. The molecule has 1 fully saturated rings. The smallest absolute Gasteiger partial charge is 0.264 e. The summed E-state index contributed by atoms with van der Waals surface area (Å²) >= 11 is 5.71. The van der Waals surface area contributed by atoms with Crippen LogP contribution < -0.4 is 4.72 Å². The summed E-state index contributed by atoms with van der Waals surface area (Å²) in [4.78, 5) is 11.8. The topological polar surface area (TPSA) is 72.5 Å². The molecule has 1 aliphatic rings. The molecule has 20 heavy (non-hydrogen) atoms. The lowest BCUT2D eigenvalue weighted by Crippen LogP contribution is -2.38. The van der Waals surface area contributed by atoms with Gasteiger partial charge in [-0.2, -0.15) is 0 Å². The van der Waals surface area contributed by atoms with Gasteiger partial charge in [-0.25, -0.2) is 13.1 Å². The zero-order chi connectivity index (χ0) is 14.6. The first-order valence-electron chi connectivity index (χ1n) is 6.38. The van der Waals surface area contributed by atoms with E-state index in [9.17, 15) is 13.2 Å². The van der Waals surface area contributed by atoms with E-state index in [2.05, 4.69) is 0 Å². The van der Waals surface area contributed by atoms with Crippen LogP contribution in [0.4, 0.5) is 0 Å². The Labute approximate surface area is 123 Å². The van der Waals surface area contributed by atoms with Crippen molar-refractivity contribution in [2.45, 2.75) is 25.4 Å². The van der Waals surface area contributed by atoms with Crippen LogP contribution in [-0.2, 0) is 14.8 Å². The summed E-state index contributed by atoms with van der Waals surface area (Å²) in [6.45, 7) is 0.575. The van der Waals surface area contributed by atoms with Gasteiger partial charge in [0.2, 0.25) is 10.0 Å². The molecule has 0 aliphatic carbocycles. The molecule has 1 heterocycles. The summed E-state index contributed by atoms with van der Waals surface area (Å²) in [6, 6.07) is 6.02. The van der Waals surface area contributed by atoms with Crippen LogP contribution >= 0.6 is 11.6 Å². The molecule has 1 aliphatic heterocycles. The highest BCUT2D eigenvalue weighted by Gasteiger charge is 2.24. The molecule has 0 aromatic heterocycles. The Morgan fingerprint density at radius 1 is 1.30 bits per heavy atom. The molecule has 0 bridgehead atoms. The molecule has 7 heteroatoms. The Kier molecular flexibility index (Phi) is 5.01. The lowest BCUT2D eigenvalue weighted by Gasteiger charge is -2.22. The van der Waals surface area contributed by atoms with Gasteiger partial charge in [0.1, 0.15) is 0 Å². The van der Waals surface area contributed by atoms with Gasteiger partial charge in [-0.1, -0.05) is 11.6 Å². The fraction of sp³-hybridized carbons (Fsp3) is 0.462. The number of halogens is 1. The van der Waals surface area contributed by atoms with Crippen molar-refractivity contribution in [1.82, 2.24) is 4.72 Å². The third-order valence-electron chi connectivity index (χ3n) is 3.03. The normalized spacial score (nSPS) is 19.6. The van der Waals surface area contributed by atoms with Gasteiger partial charge in [-0.05, 0) is 43.5 Å². The number of benzene rings is 1. The molecule has 1 saturated heterocycles. The number of carbonyl (C=O) groups is 1. The highest BCUT2D eigenvalue weighted by molar-refractivity contribution is 7.90. The number of nitrogens with one attached hydrogen (secondary N) is 1. The highest BCUT2D eigenvalue weighted by Crippen LogP contribution is 2.14. The second-order valence-corrected chi connectivity index (χ2v) is 6.91. The van der Waals surface area contributed by atoms with Crippen LogP contribution in [0.25, 0.3) is 0 Å². The first-order valence-corrected chi connectivity index (χ1v) is 8.41. The third-order valence-corrected chi connectivity index (χ3v) is 4.59. The van der Waals surface area contributed by atoms with Gasteiger partial charge in [-0.15, -0.1) is 0 Å². The van der Waals surface area contributed by atoms with Crippen LogP contribution in [0.3, 0.4) is 0 Å². The minimum Gasteiger partial charge on any atom is -0.377 e. The lowest BCUT2D eigenvalue weighted by atomic mass is 10.1. The van der Waals surface area contributed by atoms with Gasteiger partial charge in [-0.3, -0.25) is 4.79 Å². The monoisotopic (exact) mass is 317 g/mol. The Morgan fingerprint density at radius 3 is 2.60 bits per heavy atom. The molecule has 0 unspecified atom stereocenters. The molecule has 1 aromatic carbocycles. The van der Waals surface area contributed by atoms with Gasteiger partial charge in [0.25, 0.3) is 5.91 Å². The SMILES string of the molecule is O=C(NS(=O)(=O)C[C@H]1CCCCO1)c1ccc(Cl)cc1. The molecule has 0 radical (unpaired) electrons. The first kappa shape index (κ1) is 15.3. The van der Waals surface area contributed by atoms with Crippen molar-refractivity contribution < 1.29 is 17.9 Å². The maximum absolute atomic E-state index is 11.9. The Hall–Kier alpha value is -1.11. The molecular weight excluding hydrogens is 302 g/mol. The van der Waals surface area contributed by atoms with Gasteiger partial charge in [0, 0.05) is 17.2 Å². The average molecular weight is 318 g/mol. The summed E-state index contributed by atoms with van der Waals surface area (Å²) in [5.41, 5.74) is 0.252. The standard InChI is InChI=1S/C13H16ClNO4S/c14-11-6-4-10(5-7-11)13(16)15-20(17,18)9-12-3-1-2-8-19-12/h4-7,12H,1-3,8-9H2,(H,15,16)/t12-/m1/s1. The minimum absolute atomic E-state index is 0.188. The van der Waals surface area contributed by atoms with E-state index in [4.69, 9.17) is 16.3 Å². The minimum atomic E-state index is -3.70. The van der Waals surface area contributed by atoms with Gasteiger partial charge >= 0.3 is 0 Å². The van der Waals surface area contributed by atoms with E-state index >= 15 is 0 Å². The van der Waals surface area contributed by atoms with E-state index in [0.29, 0.717) is 18.1 Å². The summed E-state index contributed by atoms with van der Waals surface area (Å²) in [5, 5.41) is 0.486. The van der Waals surface area contributed by atoms with E-state index in [-0.39, 0.29) is 17.4 Å². The van der Waals surface area contributed by atoms with Gasteiger partial charge in [0.05, 0.1) is 11.9 Å². The molecule has 1 N–H and O–H groups in total. The number of carbonyl (C=O) groups excluding carboxylic acids is 1. The molecular formula is C13H16ClNO4S. The first-order chi connectivity index (χ1) is 9.46. The van der Waals surface area contributed by atoms with Crippen LogP contribution in [0.2, 0.25) is 5.02 Å². The fourth-order valence-corrected chi connectivity index (χ4v) is 3.39. The number of hydrogen-bond donors (Lipinski definition) is 1. The third kappa shape index (κ3) is 4.47. The molecule has 1 amide bonds. The fourth-order valence-electron chi connectivity index (χ4n) is 2.03. The van der Waals surface area contributed by atoms with Crippen molar-refractivity contribution in [2.75, 3.05) is 12.4 Å². The van der Waals surface area contributed by atoms with Crippen molar-refractivity contribution in [2.24, 2.45) is 0 Å². The second-order valence-electron chi connectivity index (χ2n) is 4.71. The van der Waals surface area contributed by atoms with Crippen LogP contribution in [0.1, 0.15) is 29.6 Å². The molecule has 110 valence electrons. The predicted molar refractivity (Wildman–Crippen MR) is 76.3 cm³/mol. The Morgan fingerprint density at radius 2 is 2.00 bits per heavy atom. The van der Waals surface area contributed by atoms with Crippen LogP contribution in [0.15, 0.2) is 24.3 Å². The van der Waals surface area contributed by atoms with Crippen molar-refractivity contribution in [1.29, 1.82) is 0 Å². The van der Waals surface area contributed by atoms with Gasteiger partial charge < -0.3 is 4.74 Å². The Bertz CT molecular complexity index is 565. The summed E-state index contributed by atoms with van der Waals surface area (Å²) in [5.74, 6) is -0.843. The quantitative estimate of drug-likeness (QED) is 0.921. The summed E-state index contributed by atoms with van der Waals surface area (Å²) < 4.78 is 31.2. The zero-order valence-corrected chi connectivity index (χ0v) is 12.4. The molecule has 1 aromatic rings. The predicted octanol–water partition coefficient (Wildman–Crippen LogP) is 1.97. The number of amides is 1. The number of hydrogen-bond acceptors (Lipinski definition) is 4. The maximum Gasteiger partial charge on any atom is 0.264 e. The van der Waals surface area contributed by atoms with Gasteiger partial charge in [0.15, 0.2) is 0 Å². The van der Waals surface area contributed by atoms with Crippen molar-refractivity contribution in [3.05, 3.63) is 34.9 Å². The van der Waals surface area contributed by atoms with Crippen LogP contribution in [-0.4, -0.2) is 32.8 Å². The Balaban J connectivity index is 1.96. The maximum atomic E-state index is 11.9. The number of ether oxygens (including phenoxy) is 1. The van der Waals surface area contributed by atoms with Crippen LogP contribution in [0, 0.1) is 0 Å². The van der Waals surface area contributed by atoms with E-state index < -0.39 is 15.9 Å². The van der Waals surface area contributed by atoms with E-state index in [0.717, 1.165) is 12.8 Å². The second kappa shape index (κ2) is 6.56. The highest BCUT2D eigenvalue weighted by atomic mass is 35.5. The molecule has 0 saturated carbocycles. The van der Waals surface area contributed by atoms with E-state index in [1.807, 2.05) is 4.72 Å². The van der Waals surface area contributed by atoms with Crippen molar-refractivity contribution >= 4 is 27.5 Å². The lowest BCUT2D eigenvalue weighted by molar-refractivity contribution is 0.0304. The van der Waals surface area contributed by atoms with Crippen LogP contribution in [0.5, 0.6) is 0 Å². The molecule has 1 atom stereocenters. The molecule has 2 rings (SSSR count). The van der Waals surface area contributed by atoms with Crippen molar-refractivity contribution in [3.8, 4) is 0 Å². The largest absolute Gasteiger partial charge is 0.377 e. The van der Waals surface area contributed by atoms with E-state index in [1.54, 1.807) is 0 Å². The summed E-state index contributed by atoms with van der Waals surface area (Å²) in [6.07, 6.45) is 2.27. The number of rotatable bonds is 4. The van der Waals surface area contributed by atoms with E-state index in [1.165, 1.54) is 24.3 Å². The average Bonchev–Trinajstić information content (AvgIpc) is 2.39. The molecule has 5 nitrogen and oxygen atoms in total. The number of sulfonamides is 1. The van der Waals surface area contributed by atoms with Crippen molar-refractivity contribution in [3.63, 3.8) is 0 Å². The molecule has 0 spiro atoms.